The molecule has 1 aliphatic heterocycles. The van der Waals surface area contributed by atoms with Crippen LogP contribution in [-0.2, 0) is 0 Å². The van der Waals surface area contributed by atoms with E-state index in [0.717, 1.165) is 19.4 Å². The molecule has 3 heteroatoms. The summed E-state index contributed by atoms with van der Waals surface area (Å²) in [5.41, 5.74) is 2.67. The van der Waals surface area contributed by atoms with Gasteiger partial charge in [0.2, 0.25) is 0 Å². The van der Waals surface area contributed by atoms with Crippen molar-refractivity contribution in [2.45, 2.75) is 58.8 Å². The van der Waals surface area contributed by atoms with Crippen molar-refractivity contribution in [3.63, 3.8) is 0 Å². The number of anilines is 2. The fraction of sp³-hybridized carbons (Fsp3) is 0.520. The summed E-state index contributed by atoms with van der Waals surface area (Å²) in [6.07, 6.45) is 2.01. The highest BCUT2D eigenvalue weighted by Gasteiger charge is 2.50. The highest BCUT2D eigenvalue weighted by molar-refractivity contribution is 5.57. The Morgan fingerprint density at radius 1 is 0.893 bits per heavy atom. The van der Waals surface area contributed by atoms with Crippen molar-refractivity contribution in [2.24, 2.45) is 17.3 Å². The Morgan fingerprint density at radius 3 is 2.04 bits per heavy atom. The molecule has 1 N–H and O–H groups in total. The van der Waals surface area contributed by atoms with Crippen LogP contribution in [0.3, 0.4) is 0 Å². The number of aliphatic hydroxyl groups is 1. The Labute approximate surface area is 170 Å². The van der Waals surface area contributed by atoms with Crippen LogP contribution in [0.2, 0.25) is 0 Å². The molecule has 1 saturated heterocycles. The van der Waals surface area contributed by atoms with E-state index in [0.29, 0.717) is 12.0 Å². The number of aliphatic hydroxyl groups excluding tert-OH is 1. The Bertz CT molecular complexity index is 774. The quantitative estimate of drug-likeness (QED) is 0.799. The molecule has 0 aromatic heterocycles. The van der Waals surface area contributed by atoms with E-state index in [1.807, 2.05) is 0 Å². The van der Waals surface area contributed by atoms with E-state index < -0.39 is 0 Å². The summed E-state index contributed by atoms with van der Waals surface area (Å²) in [5, 5.41) is 11.1. The second kappa shape index (κ2) is 7.44. The number of fused-ring (bicyclic) bond motifs is 1. The molecular formula is C25H34N2O. The Kier molecular flexibility index (Phi) is 5.13. The van der Waals surface area contributed by atoms with Crippen LogP contribution in [0.15, 0.2) is 60.7 Å². The van der Waals surface area contributed by atoms with Gasteiger partial charge in [0.1, 0.15) is 6.17 Å². The van der Waals surface area contributed by atoms with E-state index in [-0.39, 0.29) is 23.6 Å². The van der Waals surface area contributed by atoms with Crippen LogP contribution >= 0.6 is 0 Å². The van der Waals surface area contributed by atoms with E-state index in [9.17, 15) is 5.11 Å². The first-order valence-electron chi connectivity index (χ1n) is 10.7. The van der Waals surface area contributed by atoms with Gasteiger partial charge in [0, 0.05) is 29.9 Å². The van der Waals surface area contributed by atoms with Crippen LogP contribution in [0.4, 0.5) is 11.4 Å². The van der Waals surface area contributed by atoms with Gasteiger partial charge in [-0.05, 0) is 48.4 Å². The van der Waals surface area contributed by atoms with E-state index in [4.69, 9.17) is 0 Å². The van der Waals surface area contributed by atoms with Gasteiger partial charge in [0.15, 0.2) is 0 Å². The predicted molar refractivity (Wildman–Crippen MR) is 118 cm³/mol. The van der Waals surface area contributed by atoms with Crippen LogP contribution in [0.25, 0.3) is 0 Å². The Balaban J connectivity index is 1.83. The van der Waals surface area contributed by atoms with E-state index in [1.54, 1.807) is 0 Å². The lowest BCUT2D eigenvalue weighted by Gasteiger charge is -2.60. The first-order chi connectivity index (χ1) is 13.4. The monoisotopic (exact) mass is 378 g/mol. The minimum absolute atomic E-state index is 0.157. The van der Waals surface area contributed by atoms with Crippen molar-refractivity contribution >= 4 is 11.4 Å². The van der Waals surface area contributed by atoms with Crippen LogP contribution in [-0.4, -0.2) is 30.0 Å². The first-order valence-corrected chi connectivity index (χ1v) is 10.7. The van der Waals surface area contributed by atoms with Crippen molar-refractivity contribution in [2.75, 3.05) is 16.3 Å². The highest BCUT2D eigenvalue weighted by atomic mass is 16.3. The van der Waals surface area contributed by atoms with Crippen LogP contribution in [0, 0.1) is 17.3 Å². The molecule has 150 valence electrons. The number of benzene rings is 2. The van der Waals surface area contributed by atoms with Crippen LogP contribution in [0.1, 0.15) is 40.5 Å². The first kappa shape index (κ1) is 19.3. The molecule has 0 radical (unpaired) electrons. The minimum atomic E-state index is -0.265. The molecule has 3 nitrogen and oxygen atoms in total. The van der Waals surface area contributed by atoms with Gasteiger partial charge in [0.25, 0.3) is 0 Å². The molecule has 2 aliphatic rings. The van der Waals surface area contributed by atoms with Gasteiger partial charge < -0.3 is 14.9 Å². The summed E-state index contributed by atoms with van der Waals surface area (Å²) in [7, 11) is 0. The molecular weight excluding hydrogens is 344 g/mol. The summed E-state index contributed by atoms with van der Waals surface area (Å²) in [4.78, 5) is 5.15. The van der Waals surface area contributed by atoms with Crippen molar-refractivity contribution < 1.29 is 5.11 Å². The molecule has 0 spiro atoms. The lowest BCUT2D eigenvalue weighted by molar-refractivity contribution is -0.00919. The predicted octanol–water partition coefficient (Wildman–Crippen LogP) is 5.16. The topological polar surface area (TPSA) is 26.7 Å². The highest BCUT2D eigenvalue weighted by Crippen LogP contribution is 2.47. The van der Waals surface area contributed by atoms with Crippen molar-refractivity contribution in [1.82, 2.24) is 0 Å². The number of para-hydroxylation sites is 2. The largest absolute Gasteiger partial charge is 0.393 e. The van der Waals surface area contributed by atoms with Crippen molar-refractivity contribution in [3.8, 4) is 0 Å². The van der Waals surface area contributed by atoms with E-state index >= 15 is 0 Å². The summed E-state index contributed by atoms with van der Waals surface area (Å²) in [5.74, 6) is 0.715. The fourth-order valence-electron chi connectivity index (χ4n) is 5.51. The molecule has 28 heavy (non-hydrogen) atoms. The zero-order valence-electron chi connectivity index (χ0n) is 17.6. The van der Waals surface area contributed by atoms with Gasteiger partial charge in [-0.15, -0.1) is 0 Å². The average molecular weight is 379 g/mol. The van der Waals surface area contributed by atoms with Gasteiger partial charge in [-0.3, -0.25) is 0 Å². The fourth-order valence-corrected chi connectivity index (χ4v) is 5.51. The molecule has 1 heterocycles. The Morgan fingerprint density at radius 2 is 1.46 bits per heavy atom. The molecule has 0 amide bonds. The van der Waals surface area contributed by atoms with Gasteiger partial charge in [-0.1, -0.05) is 64.1 Å². The molecule has 0 bridgehead atoms. The standard InChI is InChI=1S/C25H34N2O/c1-18(2)24-26(19-11-7-5-8-12-19)17-21-22(15-25(3,4)16-23(21)28)27(24)20-13-9-6-10-14-20/h5-14,18,21-24,28H,15-17H2,1-4H3. The molecule has 2 fully saturated rings. The summed E-state index contributed by atoms with van der Waals surface area (Å²) >= 11 is 0. The number of nitrogens with zero attached hydrogens (tertiary/aromatic N) is 2. The number of hydrogen-bond donors (Lipinski definition) is 1. The van der Waals surface area contributed by atoms with Crippen LogP contribution in [0.5, 0.6) is 0 Å². The second-order valence-electron chi connectivity index (χ2n) is 9.76. The normalized spacial score (nSPS) is 29.6. The lowest BCUT2D eigenvalue weighted by Crippen LogP contribution is -2.68. The minimum Gasteiger partial charge on any atom is -0.393 e. The van der Waals surface area contributed by atoms with E-state index in [2.05, 4.69) is 98.2 Å². The summed E-state index contributed by atoms with van der Waals surface area (Å²) in [6.45, 7) is 10.2. The zero-order chi connectivity index (χ0) is 19.9. The smallest absolute Gasteiger partial charge is 0.104 e. The molecule has 4 atom stereocenters. The summed E-state index contributed by atoms with van der Waals surface area (Å²) in [6, 6.07) is 21.9. The van der Waals surface area contributed by atoms with Gasteiger partial charge in [-0.25, -0.2) is 0 Å². The third-order valence-electron chi connectivity index (χ3n) is 6.62. The number of hydrogen-bond acceptors (Lipinski definition) is 3. The van der Waals surface area contributed by atoms with Crippen molar-refractivity contribution in [3.05, 3.63) is 60.7 Å². The molecule has 2 aromatic carbocycles. The van der Waals surface area contributed by atoms with Gasteiger partial charge in [-0.2, -0.15) is 0 Å². The number of rotatable bonds is 3. The second-order valence-corrected chi connectivity index (χ2v) is 9.76. The third-order valence-corrected chi connectivity index (χ3v) is 6.62. The Hall–Kier alpha value is -2.00. The molecule has 1 saturated carbocycles. The molecule has 1 aliphatic carbocycles. The van der Waals surface area contributed by atoms with Gasteiger partial charge >= 0.3 is 0 Å². The van der Waals surface area contributed by atoms with Gasteiger partial charge in [0.05, 0.1) is 6.10 Å². The molecule has 4 unspecified atom stereocenters. The maximum Gasteiger partial charge on any atom is 0.104 e. The summed E-state index contributed by atoms with van der Waals surface area (Å²) < 4.78 is 0. The maximum atomic E-state index is 11.1. The average Bonchev–Trinajstić information content (AvgIpc) is 2.67. The maximum absolute atomic E-state index is 11.1. The lowest BCUT2D eigenvalue weighted by atomic mass is 9.66. The third kappa shape index (κ3) is 3.53. The molecule has 4 rings (SSSR count). The molecule has 2 aromatic rings. The zero-order valence-corrected chi connectivity index (χ0v) is 17.6. The van der Waals surface area contributed by atoms with Crippen LogP contribution < -0.4 is 9.80 Å². The SMILES string of the molecule is CC(C)C1N(c2ccccc2)CC2C(O)CC(C)(C)CC2N1c1ccccc1. The van der Waals surface area contributed by atoms with E-state index in [1.165, 1.54) is 11.4 Å². The van der Waals surface area contributed by atoms with Crippen molar-refractivity contribution in [1.29, 1.82) is 0 Å².